The molecule has 5 heteroatoms. The lowest BCUT2D eigenvalue weighted by atomic mass is 10.1. The Hall–Kier alpha value is -0.496. The van der Waals surface area contributed by atoms with Crippen molar-refractivity contribution in [2.75, 3.05) is 6.61 Å². The summed E-state index contributed by atoms with van der Waals surface area (Å²) in [7, 11) is -3.69. The fraction of sp³-hybridized carbons (Fsp3) is 0.643. The highest BCUT2D eigenvalue weighted by molar-refractivity contribution is 6.94. The summed E-state index contributed by atoms with van der Waals surface area (Å²) in [5, 5.41) is 21.4. The van der Waals surface area contributed by atoms with Gasteiger partial charge in [-0.15, -0.1) is 0 Å². The minimum Gasteiger partial charge on any atom is -0.392 e. The summed E-state index contributed by atoms with van der Waals surface area (Å²) in [5.74, 6) is 0.0956. The van der Waals surface area contributed by atoms with Crippen LogP contribution in [0.2, 0.25) is 39.3 Å². The average Bonchev–Trinajstić information content (AvgIpc) is 2.49. The number of carbonyl (C=O) groups excluding carboxylic acids is 1. The van der Waals surface area contributed by atoms with E-state index in [1.165, 1.54) is 0 Å². The minimum absolute atomic E-state index is 0.0956. The third-order valence-electron chi connectivity index (χ3n) is 3.43. The number of ketones is 1. The van der Waals surface area contributed by atoms with Crippen molar-refractivity contribution >= 4 is 21.9 Å². The van der Waals surface area contributed by atoms with Gasteiger partial charge in [-0.1, -0.05) is 39.3 Å². The molecule has 0 aliphatic heterocycles. The predicted molar refractivity (Wildman–Crippen MR) is 84.5 cm³/mol. The summed E-state index contributed by atoms with van der Waals surface area (Å²) in [5.41, 5.74) is 1.42. The van der Waals surface area contributed by atoms with Gasteiger partial charge in [0.1, 0.15) is 0 Å². The van der Waals surface area contributed by atoms with Crippen molar-refractivity contribution in [3.63, 3.8) is 0 Å². The lowest BCUT2D eigenvalue weighted by Crippen LogP contribution is -2.35. The molecule has 0 aromatic heterocycles. The Labute approximate surface area is 118 Å². The second kappa shape index (κ2) is 5.12. The summed E-state index contributed by atoms with van der Waals surface area (Å²) in [4.78, 5) is 12.8. The van der Waals surface area contributed by atoms with Crippen LogP contribution < -0.4 is 0 Å². The maximum absolute atomic E-state index is 12.8. The maximum Gasteiger partial charge on any atom is 0.177 e. The average molecular weight is 299 g/mol. The van der Waals surface area contributed by atoms with E-state index in [1.54, 1.807) is 6.92 Å². The van der Waals surface area contributed by atoms with Crippen LogP contribution >= 0.6 is 0 Å². The molecule has 0 spiro atoms. The Bertz CT molecular complexity index is 460. The molecular formula is C14H26O3Si2. The summed E-state index contributed by atoms with van der Waals surface area (Å²) < 4.78 is 0. The monoisotopic (exact) mass is 298 g/mol. The first-order valence-corrected chi connectivity index (χ1v) is 13.7. The second-order valence-corrected chi connectivity index (χ2v) is 17.3. The molecule has 0 amide bonds. The number of hydrogen-bond acceptors (Lipinski definition) is 3. The Morgan fingerprint density at radius 3 is 1.68 bits per heavy atom. The quantitative estimate of drug-likeness (QED) is 0.783. The fourth-order valence-corrected chi connectivity index (χ4v) is 6.86. The number of rotatable bonds is 4. The summed E-state index contributed by atoms with van der Waals surface area (Å²) in [6.07, 6.45) is -0.693. The second-order valence-electron chi connectivity index (χ2n) is 7.31. The molecule has 3 nitrogen and oxygen atoms in total. The van der Waals surface area contributed by atoms with Gasteiger partial charge in [0.25, 0.3) is 0 Å². The number of carbonyl (C=O) groups is 1. The van der Waals surface area contributed by atoms with Crippen molar-refractivity contribution in [2.45, 2.75) is 52.3 Å². The zero-order valence-corrected chi connectivity index (χ0v) is 15.1. The third-order valence-corrected chi connectivity index (χ3v) is 7.45. The zero-order chi connectivity index (χ0) is 15.2. The van der Waals surface area contributed by atoms with Gasteiger partial charge in [-0.3, -0.25) is 4.79 Å². The Kier molecular flexibility index (Phi) is 4.47. The Morgan fingerprint density at radius 1 is 1.00 bits per heavy atom. The molecule has 0 fully saturated rings. The number of allylic oxidation sites excluding steroid dienone is 2. The minimum atomic E-state index is -1.85. The molecule has 0 saturated carbocycles. The van der Waals surface area contributed by atoms with E-state index in [4.69, 9.17) is 0 Å². The van der Waals surface area contributed by atoms with Gasteiger partial charge >= 0.3 is 0 Å². The van der Waals surface area contributed by atoms with Crippen molar-refractivity contribution < 1.29 is 15.0 Å². The number of hydrogen-bond donors (Lipinski definition) is 2. The maximum atomic E-state index is 12.8. The first-order chi connectivity index (χ1) is 8.42. The molecule has 0 radical (unpaired) electrons. The molecule has 1 unspecified atom stereocenters. The van der Waals surface area contributed by atoms with Crippen LogP contribution in [0.5, 0.6) is 0 Å². The van der Waals surface area contributed by atoms with Gasteiger partial charge in [0, 0.05) is 0 Å². The van der Waals surface area contributed by atoms with Gasteiger partial charge in [0.15, 0.2) is 5.78 Å². The van der Waals surface area contributed by atoms with Crippen molar-refractivity contribution in [1.29, 1.82) is 0 Å². The molecule has 108 valence electrons. The van der Waals surface area contributed by atoms with Crippen LogP contribution in [0.3, 0.4) is 0 Å². The van der Waals surface area contributed by atoms with E-state index in [0.717, 1.165) is 10.4 Å². The van der Waals surface area contributed by atoms with Gasteiger partial charge in [-0.2, -0.15) is 0 Å². The molecule has 1 atom stereocenters. The van der Waals surface area contributed by atoms with E-state index in [0.29, 0.717) is 11.1 Å². The lowest BCUT2D eigenvalue weighted by molar-refractivity contribution is -0.111. The summed E-state index contributed by atoms with van der Waals surface area (Å²) in [6, 6.07) is 0. The topological polar surface area (TPSA) is 57.5 Å². The zero-order valence-electron chi connectivity index (χ0n) is 13.1. The van der Waals surface area contributed by atoms with Gasteiger partial charge in [0.2, 0.25) is 0 Å². The number of aliphatic hydroxyl groups is 2. The first-order valence-electron chi connectivity index (χ1n) is 6.75. The van der Waals surface area contributed by atoms with Gasteiger partial charge in [-0.05, 0) is 28.5 Å². The SMILES string of the molecule is CC(O)C1=C([Si](C)(C)C)C(=O)C([Si](C)(C)C)=C1CO. The van der Waals surface area contributed by atoms with Gasteiger partial charge in [0.05, 0.1) is 28.9 Å². The van der Waals surface area contributed by atoms with Crippen LogP contribution in [-0.2, 0) is 4.79 Å². The highest BCUT2D eigenvalue weighted by atomic mass is 28.3. The molecule has 0 aromatic rings. The smallest absolute Gasteiger partial charge is 0.177 e. The standard InChI is InChI=1S/C14H26O3Si2/c1-9(16)11-10(8-15)13(18(2,3)4)12(17)14(11)19(5,6)7/h9,15-16H,8H2,1-7H3. The van der Waals surface area contributed by atoms with E-state index in [2.05, 4.69) is 39.3 Å². The van der Waals surface area contributed by atoms with E-state index >= 15 is 0 Å². The van der Waals surface area contributed by atoms with E-state index < -0.39 is 22.3 Å². The van der Waals surface area contributed by atoms with Crippen LogP contribution in [0.15, 0.2) is 21.5 Å². The molecule has 0 saturated heterocycles. The van der Waals surface area contributed by atoms with E-state index in [1.807, 2.05) is 0 Å². The molecule has 1 aliphatic rings. The van der Waals surface area contributed by atoms with Crippen LogP contribution in [0.4, 0.5) is 0 Å². The normalized spacial score (nSPS) is 19.5. The van der Waals surface area contributed by atoms with Crippen LogP contribution in [-0.4, -0.2) is 44.9 Å². The molecule has 1 rings (SSSR count). The third kappa shape index (κ3) is 2.99. The summed E-state index contributed by atoms with van der Waals surface area (Å²) >= 11 is 0. The highest BCUT2D eigenvalue weighted by Gasteiger charge is 2.43. The van der Waals surface area contributed by atoms with Crippen molar-refractivity contribution in [1.82, 2.24) is 0 Å². The molecule has 0 aromatic carbocycles. The highest BCUT2D eigenvalue weighted by Crippen LogP contribution is 2.40. The van der Waals surface area contributed by atoms with Gasteiger partial charge < -0.3 is 10.2 Å². The molecule has 0 heterocycles. The van der Waals surface area contributed by atoms with Crippen LogP contribution in [0.1, 0.15) is 6.92 Å². The van der Waals surface area contributed by atoms with Crippen molar-refractivity contribution in [3.8, 4) is 0 Å². The van der Waals surface area contributed by atoms with Crippen molar-refractivity contribution in [3.05, 3.63) is 21.5 Å². The fourth-order valence-electron chi connectivity index (χ4n) is 2.83. The Balaban J connectivity index is 3.61. The Morgan fingerprint density at radius 2 is 1.42 bits per heavy atom. The number of Topliss-reactive ketones (excluding diaryl/α,β-unsaturated/α-hetero) is 1. The molecule has 1 aliphatic carbocycles. The lowest BCUT2D eigenvalue weighted by Gasteiger charge is -2.23. The van der Waals surface area contributed by atoms with Crippen molar-refractivity contribution in [2.24, 2.45) is 0 Å². The van der Waals surface area contributed by atoms with E-state index in [9.17, 15) is 15.0 Å². The van der Waals surface area contributed by atoms with Gasteiger partial charge in [-0.25, -0.2) is 0 Å². The van der Waals surface area contributed by atoms with Crippen LogP contribution in [0.25, 0.3) is 0 Å². The summed E-state index contributed by atoms with van der Waals surface area (Å²) in [6.45, 7) is 14.2. The molecule has 2 N–H and O–H groups in total. The predicted octanol–water partition coefficient (Wildman–Crippen LogP) is 2.29. The largest absolute Gasteiger partial charge is 0.392 e. The number of aliphatic hydroxyl groups excluding tert-OH is 2. The molecule has 0 bridgehead atoms. The van der Waals surface area contributed by atoms with Crippen LogP contribution in [0, 0.1) is 0 Å². The first kappa shape index (κ1) is 16.6. The molecular weight excluding hydrogens is 272 g/mol. The van der Waals surface area contributed by atoms with E-state index in [-0.39, 0.29) is 12.4 Å². The molecule has 19 heavy (non-hydrogen) atoms.